The first-order chi connectivity index (χ1) is 36.1. The van der Waals surface area contributed by atoms with E-state index in [-0.39, 0.29) is 32.2 Å². The van der Waals surface area contributed by atoms with E-state index in [4.69, 9.17) is 18.9 Å². The summed E-state index contributed by atoms with van der Waals surface area (Å²) in [5, 5.41) is 11.8. The lowest BCUT2D eigenvalue weighted by Gasteiger charge is -2.26. The van der Waals surface area contributed by atoms with Crippen molar-refractivity contribution in [2.45, 2.75) is 341 Å². The Morgan fingerprint density at radius 2 is 0.689 bits per heavy atom. The van der Waals surface area contributed by atoms with Gasteiger partial charge in [0.15, 0.2) is 12.4 Å². The summed E-state index contributed by atoms with van der Waals surface area (Å²) in [5.41, 5.74) is 0. The van der Waals surface area contributed by atoms with Crippen molar-refractivity contribution in [2.24, 2.45) is 0 Å². The van der Waals surface area contributed by atoms with Gasteiger partial charge in [-0.2, -0.15) is 0 Å². The number of hydrogen-bond acceptors (Lipinski definition) is 8. The van der Waals surface area contributed by atoms with Gasteiger partial charge in [0.25, 0.3) is 0 Å². The Morgan fingerprint density at radius 3 is 1.00 bits per heavy atom. The second-order valence-corrected chi connectivity index (χ2v) is 23.4. The van der Waals surface area contributed by atoms with Crippen LogP contribution in [0, 0.1) is 0 Å². The quantitative estimate of drug-likeness (QED) is 0.0195. The number of nitrogens with zero attached hydrogens (tertiary/aromatic N) is 1. The monoisotopic (exact) mass is 1050 g/mol. The van der Waals surface area contributed by atoms with Gasteiger partial charge in [0, 0.05) is 12.8 Å². The number of allylic oxidation sites excluding steroid dienone is 2. The van der Waals surface area contributed by atoms with E-state index in [2.05, 4.69) is 26.0 Å². The lowest BCUT2D eigenvalue weighted by molar-refractivity contribution is -0.870. The molecule has 9 heteroatoms. The largest absolute Gasteiger partial charge is 0.545 e. The number of aliphatic carboxylic acids is 1. The SMILES string of the molecule is CCCCCCCCCC/C=C\CCCCCCCCCCCCCCCCCC(=O)OC(COC(=O)CCCCCCCCCCCCCCCCCCCCCCCC)COC(OCC[N+](C)(C)C)C(=O)[O-]. The van der Waals surface area contributed by atoms with Crippen LogP contribution in [0.5, 0.6) is 0 Å². The van der Waals surface area contributed by atoms with Crippen molar-refractivity contribution in [3.05, 3.63) is 12.2 Å². The average Bonchev–Trinajstić information content (AvgIpc) is 3.37. The number of hydrogen-bond donors (Lipinski definition) is 0. The van der Waals surface area contributed by atoms with Gasteiger partial charge >= 0.3 is 11.9 Å². The van der Waals surface area contributed by atoms with Crippen molar-refractivity contribution < 1.29 is 42.9 Å². The van der Waals surface area contributed by atoms with Crippen LogP contribution in [-0.4, -0.2) is 82.3 Å². The van der Waals surface area contributed by atoms with Gasteiger partial charge in [-0.1, -0.05) is 289 Å². The Balaban J connectivity index is 4.12. The first-order valence-electron chi connectivity index (χ1n) is 32.3. The van der Waals surface area contributed by atoms with Gasteiger partial charge in [-0.05, 0) is 38.5 Å². The van der Waals surface area contributed by atoms with Crippen LogP contribution in [0.1, 0.15) is 328 Å². The number of carboxylic acids is 1. The van der Waals surface area contributed by atoms with Crippen molar-refractivity contribution in [3.63, 3.8) is 0 Å². The van der Waals surface area contributed by atoms with Crippen molar-refractivity contribution >= 4 is 17.9 Å². The zero-order chi connectivity index (χ0) is 54.1. The fraction of sp³-hybridized carbons (Fsp3) is 0.923. The third-order valence-corrected chi connectivity index (χ3v) is 14.8. The minimum absolute atomic E-state index is 0.152. The molecule has 438 valence electrons. The van der Waals surface area contributed by atoms with E-state index in [1.807, 2.05) is 21.1 Å². The Morgan fingerprint density at radius 1 is 0.392 bits per heavy atom. The van der Waals surface area contributed by atoms with Gasteiger partial charge in [-0.25, -0.2) is 0 Å². The molecule has 2 unspecified atom stereocenters. The zero-order valence-corrected chi connectivity index (χ0v) is 50.0. The predicted molar refractivity (Wildman–Crippen MR) is 311 cm³/mol. The Labute approximate surface area is 459 Å². The van der Waals surface area contributed by atoms with E-state index < -0.39 is 24.3 Å². The van der Waals surface area contributed by atoms with Gasteiger partial charge in [-0.3, -0.25) is 9.59 Å². The normalized spacial score (nSPS) is 12.7. The molecule has 0 rings (SSSR count). The number of carbonyl (C=O) groups excluding carboxylic acids is 3. The molecule has 0 radical (unpaired) electrons. The number of carbonyl (C=O) groups is 3. The molecule has 2 atom stereocenters. The molecule has 0 spiro atoms. The molecule has 0 aliphatic heterocycles. The molecule has 0 fully saturated rings. The second-order valence-electron chi connectivity index (χ2n) is 23.4. The molecule has 0 heterocycles. The van der Waals surface area contributed by atoms with Crippen LogP contribution in [-0.2, 0) is 33.3 Å². The maximum Gasteiger partial charge on any atom is 0.306 e. The molecule has 0 aromatic rings. The summed E-state index contributed by atoms with van der Waals surface area (Å²) in [6.07, 6.45) is 64.2. The number of unbranched alkanes of at least 4 members (excludes halogenated alkanes) is 44. The highest BCUT2D eigenvalue weighted by atomic mass is 16.7. The molecular weight excluding hydrogens is 923 g/mol. The molecule has 0 N–H and O–H groups in total. The van der Waals surface area contributed by atoms with Crippen LogP contribution < -0.4 is 5.11 Å². The molecule has 0 saturated carbocycles. The standard InChI is InChI=1S/C65H125NO8/c1-6-8-10-12-14-16-18-20-22-24-26-28-30-31-32-33-34-36-38-40-42-44-46-48-50-52-54-56-63(68)74-61(60-73-65(64(69)70)71-58-57-66(3,4)5)59-72-62(67)55-53-51-49-47-45-43-41-39-37-35-29-27-25-23-21-19-17-15-13-11-9-7-2/h24,26,61,65H,6-23,25,27-60H2,1-5H3/b26-24-. The van der Waals surface area contributed by atoms with Crippen LogP contribution >= 0.6 is 0 Å². The highest BCUT2D eigenvalue weighted by molar-refractivity contribution is 5.70. The van der Waals surface area contributed by atoms with Crippen molar-refractivity contribution in [3.8, 4) is 0 Å². The number of likely N-dealkylation sites (N-methyl/N-ethyl adjacent to an activating group) is 1. The lowest BCUT2D eigenvalue weighted by atomic mass is 10.0. The smallest absolute Gasteiger partial charge is 0.306 e. The third-order valence-electron chi connectivity index (χ3n) is 14.8. The average molecular weight is 1050 g/mol. The van der Waals surface area contributed by atoms with Crippen molar-refractivity contribution in [1.29, 1.82) is 0 Å². The molecule has 9 nitrogen and oxygen atoms in total. The summed E-state index contributed by atoms with van der Waals surface area (Å²) in [6, 6.07) is 0. The van der Waals surface area contributed by atoms with Crippen molar-refractivity contribution in [1.82, 2.24) is 0 Å². The first kappa shape index (κ1) is 72.0. The van der Waals surface area contributed by atoms with Crippen LogP contribution in [0.15, 0.2) is 12.2 Å². The van der Waals surface area contributed by atoms with Gasteiger partial charge in [0.05, 0.1) is 40.3 Å². The number of rotatable bonds is 61. The van der Waals surface area contributed by atoms with E-state index in [0.717, 1.165) is 38.5 Å². The molecule has 0 aliphatic rings. The highest BCUT2D eigenvalue weighted by Gasteiger charge is 2.22. The Kier molecular flexibility index (Phi) is 55.7. The topological polar surface area (TPSA) is 111 Å². The van der Waals surface area contributed by atoms with Crippen LogP contribution in [0.4, 0.5) is 0 Å². The van der Waals surface area contributed by atoms with Crippen molar-refractivity contribution in [2.75, 3.05) is 47.5 Å². The number of ether oxygens (including phenoxy) is 4. The predicted octanol–water partition coefficient (Wildman–Crippen LogP) is 18.0. The highest BCUT2D eigenvalue weighted by Crippen LogP contribution is 2.18. The fourth-order valence-corrected chi connectivity index (χ4v) is 9.77. The summed E-state index contributed by atoms with van der Waals surface area (Å²) in [6.45, 7) is 4.82. The molecule has 74 heavy (non-hydrogen) atoms. The maximum absolute atomic E-state index is 12.9. The van der Waals surface area contributed by atoms with E-state index in [1.165, 1.54) is 263 Å². The Bertz CT molecular complexity index is 1220. The molecule has 0 aromatic heterocycles. The van der Waals surface area contributed by atoms with E-state index in [9.17, 15) is 19.5 Å². The van der Waals surface area contributed by atoms with Gasteiger partial charge in [-0.15, -0.1) is 0 Å². The molecule has 0 aromatic carbocycles. The minimum atomic E-state index is -1.62. The van der Waals surface area contributed by atoms with Crippen LogP contribution in [0.3, 0.4) is 0 Å². The van der Waals surface area contributed by atoms with E-state index >= 15 is 0 Å². The molecular formula is C65H125NO8. The second kappa shape index (κ2) is 57.2. The van der Waals surface area contributed by atoms with Gasteiger partial charge in [0.2, 0.25) is 0 Å². The van der Waals surface area contributed by atoms with Gasteiger partial charge in [0.1, 0.15) is 13.2 Å². The minimum Gasteiger partial charge on any atom is -0.545 e. The van der Waals surface area contributed by atoms with Gasteiger partial charge < -0.3 is 33.3 Å². The maximum atomic E-state index is 12.9. The third kappa shape index (κ3) is 57.7. The van der Waals surface area contributed by atoms with Crippen LogP contribution in [0.25, 0.3) is 0 Å². The van der Waals surface area contributed by atoms with Crippen LogP contribution in [0.2, 0.25) is 0 Å². The molecule has 0 saturated heterocycles. The summed E-state index contributed by atoms with van der Waals surface area (Å²) in [7, 11) is 5.94. The summed E-state index contributed by atoms with van der Waals surface area (Å²) in [4.78, 5) is 37.4. The number of quaternary nitrogens is 1. The summed E-state index contributed by atoms with van der Waals surface area (Å²) in [5.74, 6) is -2.25. The number of carboxylic acid groups (broad SMARTS) is 1. The number of esters is 2. The molecule has 0 bridgehead atoms. The summed E-state index contributed by atoms with van der Waals surface area (Å²) < 4.78 is 22.8. The summed E-state index contributed by atoms with van der Waals surface area (Å²) >= 11 is 0. The van der Waals surface area contributed by atoms with E-state index in [0.29, 0.717) is 17.4 Å². The first-order valence-corrected chi connectivity index (χ1v) is 32.3. The Hall–Kier alpha value is -1.97. The van der Waals surface area contributed by atoms with E-state index in [1.54, 1.807) is 0 Å². The zero-order valence-electron chi connectivity index (χ0n) is 50.0. The molecule has 0 aliphatic carbocycles. The molecule has 0 amide bonds. The fourth-order valence-electron chi connectivity index (χ4n) is 9.77. The lowest BCUT2D eigenvalue weighted by Crippen LogP contribution is -2.44.